The quantitative estimate of drug-likeness (QED) is 0.810. The Hall–Kier alpha value is -0.700. The summed E-state index contributed by atoms with van der Waals surface area (Å²) in [5, 5.41) is 0. The predicted molar refractivity (Wildman–Crippen MR) is 59.6 cm³/mol. The van der Waals surface area contributed by atoms with Gasteiger partial charge in [0, 0.05) is 18.1 Å². The van der Waals surface area contributed by atoms with Crippen molar-refractivity contribution in [2.45, 2.75) is 6.92 Å². The van der Waals surface area contributed by atoms with Gasteiger partial charge in [-0.15, -0.1) is 0 Å². The van der Waals surface area contributed by atoms with Gasteiger partial charge in [-0.2, -0.15) is 0 Å². The summed E-state index contributed by atoms with van der Waals surface area (Å²) in [4.78, 5) is 2.14. The second-order valence-corrected chi connectivity index (χ2v) is 3.75. The zero-order chi connectivity index (χ0) is 9.84. The van der Waals surface area contributed by atoms with Crippen LogP contribution in [0.5, 0.6) is 5.75 Å². The molecule has 0 fully saturated rings. The molecular weight excluding hydrogens is 230 g/mol. The standard InChI is InChI=1S/C10H14BrNO/c1-4-12(2)9-7-8(11)5-6-10(9)13-3/h5-7H,4H2,1-3H3. The van der Waals surface area contributed by atoms with E-state index in [4.69, 9.17) is 4.74 Å². The molecule has 0 atom stereocenters. The Morgan fingerprint density at radius 3 is 2.69 bits per heavy atom. The second-order valence-electron chi connectivity index (χ2n) is 2.83. The molecule has 0 saturated heterocycles. The maximum atomic E-state index is 5.26. The molecule has 1 rings (SSSR count). The van der Waals surface area contributed by atoms with Crippen molar-refractivity contribution in [3.05, 3.63) is 22.7 Å². The van der Waals surface area contributed by atoms with E-state index in [1.54, 1.807) is 7.11 Å². The fourth-order valence-electron chi connectivity index (χ4n) is 1.13. The average molecular weight is 244 g/mol. The number of halogens is 1. The monoisotopic (exact) mass is 243 g/mol. The van der Waals surface area contributed by atoms with Crippen molar-refractivity contribution >= 4 is 21.6 Å². The maximum absolute atomic E-state index is 5.26. The molecular formula is C10H14BrNO. The van der Waals surface area contributed by atoms with Crippen LogP contribution in [-0.2, 0) is 0 Å². The Balaban J connectivity index is 3.07. The zero-order valence-corrected chi connectivity index (χ0v) is 9.76. The molecule has 2 nitrogen and oxygen atoms in total. The van der Waals surface area contributed by atoms with Crippen LogP contribution in [-0.4, -0.2) is 20.7 Å². The molecule has 0 N–H and O–H groups in total. The highest BCUT2D eigenvalue weighted by Crippen LogP contribution is 2.30. The number of rotatable bonds is 3. The lowest BCUT2D eigenvalue weighted by molar-refractivity contribution is 0.415. The number of hydrogen-bond acceptors (Lipinski definition) is 2. The van der Waals surface area contributed by atoms with E-state index in [1.807, 2.05) is 19.2 Å². The van der Waals surface area contributed by atoms with Crippen LogP contribution in [0, 0.1) is 0 Å². The Kier molecular flexibility index (Phi) is 3.60. The molecule has 72 valence electrons. The maximum Gasteiger partial charge on any atom is 0.142 e. The first-order chi connectivity index (χ1) is 6.19. The van der Waals surface area contributed by atoms with E-state index in [2.05, 4.69) is 33.8 Å². The van der Waals surface area contributed by atoms with E-state index < -0.39 is 0 Å². The lowest BCUT2D eigenvalue weighted by Crippen LogP contribution is -2.16. The summed E-state index contributed by atoms with van der Waals surface area (Å²) >= 11 is 3.44. The van der Waals surface area contributed by atoms with Gasteiger partial charge in [-0.3, -0.25) is 0 Å². The average Bonchev–Trinajstić information content (AvgIpc) is 2.16. The predicted octanol–water partition coefficient (Wildman–Crippen LogP) is 2.91. The first kappa shape index (κ1) is 10.4. The molecule has 0 aliphatic heterocycles. The first-order valence-corrected chi connectivity index (χ1v) is 5.03. The topological polar surface area (TPSA) is 12.5 Å². The summed E-state index contributed by atoms with van der Waals surface area (Å²) in [7, 11) is 3.74. The molecule has 0 bridgehead atoms. The van der Waals surface area contributed by atoms with Crippen LogP contribution >= 0.6 is 15.9 Å². The highest BCUT2D eigenvalue weighted by atomic mass is 79.9. The molecule has 0 saturated carbocycles. The van der Waals surface area contributed by atoms with E-state index in [0.29, 0.717) is 0 Å². The van der Waals surface area contributed by atoms with Crippen molar-refractivity contribution < 1.29 is 4.74 Å². The third-order valence-electron chi connectivity index (χ3n) is 2.03. The summed E-state index contributed by atoms with van der Waals surface area (Å²) in [5.74, 6) is 0.910. The third kappa shape index (κ3) is 2.37. The van der Waals surface area contributed by atoms with Crippen LogP contribution in [0.2, 0.25) is 0 Å². The molecule has 1 aromatic rings. The summed E-state index contributed by atoms with van der Waals surface area (Å²) in [6.45, 7) is 3.08. The summed E-state index contributed by atoms with van der Waals surface area (Å²) in [5.41, 5.74) is 1.11. The van der Waals surface area contributed by atoms with Crippen LogP contribution in [0.1, 0.15) is 6.92 Å². The van der Waals surface area contributed by atoms with Crippen molar-refractivity contribution in [1.29, 1.82) is 0 Å². The first-order valence-electron chi connectivity index (χ1n) is 4.23. The largest absolute Gasteiger partial charge is 0.495 e. The summed E-state index contributed by atoms with van der Waals surface area (Å²) in [6, 6.07) is 6.00. The number of anilines is 1. The van der Waals surface area contributed by atoms with Crippen molar-refractivity contribution in [2.75, 3.05) is 25.6 Å². The molecule has 0 amide bonds. The van der Waals surface area contributed by atoms with E-state index in [1.165, 1.54) is 0 Å². The molecule has 3 heteroatoms. The van der Waals surface area contributed by atoms with Gasteiger partial charge >= 0.3 is 0 Å². The lowest BCUT2D eigenvalue weighted by Gasteiger charge is -2.19. The van der Waals surface area contributed by atoms with Crippen LogP contribution in [0.3, 0.4) is 0 Å². The van der Waals surface area contributed by atoms with E-state index in [9.17, 15) is 0 Å². The smallest absolute Gasteiger partial charge is 0.142 e. The van der Waals surface area contributed by atoms with Gasteiger partial charge in [0.25, 0.3) is 0 Å². The van der Waals surface area contributed by atoms with E-state index in [-0.39, 0.29) is 0 Å². The SMILES string of the molecule is CCN(C)c1cc(Br)ccc1OC. The molecule has 0 aliphatic carbocycles. The Morgan fingerprint density at radius 2 is 2.15 bits per heavy atom. The zero-order valence-electron chi connectivity index (χ0n) is 8.17. The fourth-order valence-corrected chi connectivity index (χ4v) is 1.48. The van der Waals surface area contributed by atoms with Gasteiger partial charge in [0.2, 0.25) is 0 Å². The number of methoxy groups -OCH3 is 1. The normalized spacial score (nSPS) is 9.85. The summed E-state index contributed by atoms with van der Waals surface area (Å²) < 4.78 is 6.33. The van der Waals surface area contributed by atoms with Crippen LogP contribution in [0.15, 0.2) is 22.7 Å². The highest BCUT2D eigenvalue weighted by molar-refractivity contribution is 9.10. The number of benzene rings is 1. The molecule has 13 heavy (non-hydrogen) atoms. The molecule has 0 unspecified atom stereocenters. The van der Waals surface area contributed by atoms with Gasteiger partial charge in [-0.05, 0) is 25.1 Å². The van der Waals surface area contributed by atoms with Crippen LogP contribution in [0.4, 0.5) is 5.69 Å². The van der Waals surface area contributed by atoms with Crippen molar-refractivity contribution in [3.8, 4) is 5.75 Å². The van der Waals surface area contributed by atoms with Gasteiger partial charge in [-0.1, -0.05) is 15.9 Å². The number of ether oxygens (including phenoxy) is 1. The van der Waals surface area contributed by atoms with Crippen molar-refractivity contribution in [1.82, 2.24) is 0 Å². The minimum Gasteiger partial charge on any atom is -0.495 e. The van der Waals surface area contributed by atoms with E-state index in [0.717, 1.165) is 22.5 Å². The Morgan fingerprint density at radius 1 is 1.46 bits per heavy atom. The second kappa shape index (κ2) is 4.51. The third-order valence-corrected chi connectivity index (χ3v) is 2.52. The van der Waals surface area contributed by atoms with Gasteiger partial charge in [0.1, 0.15) is 5.75 Å². The van der Waals surface area contributed by atoms with E-state index >= 15 is 0 Å². The minimum atomic E-state index is 0.910. The Bertz CT molecular complexity index is 288. The van der Waals surface area contributed by atoms with Gasteiger partial charge in [-0.25, -0.2) is 0 Å². The van der Waals surface area contributed by atoms with Gasteiger partial charge in [0.05, 0.1) is 12.8 Å². The fraction of sp³-hybridized carbons (Fsp3) is 0.400. The summed E-state index contributed by atoms with van der Waals surface area (Å²) in [6.07, 6.45) is 0. The molecule has 0 aliphatic rings. The molecule has 0 radical (unpaired) electrons. The Labute approximate surface area is 87.6 Å². The van der Waals surface area contributed by atoms with Crippen molar-refractivity contribution in [3.63, 3.8) is 0 Å². The minimum absolute atomic E-state index is 0.910. The molecule has 0 spiro atoms. The lowest BCUT2D eigenvalue weighted by atomic mass is 10.2. The van der Waals surface area contributed by atoms with Crippen molar-refractivity contribution in [2.24, 2.45) is 0 Å². The number of hydrogen-bond donors (Lipinski definition) is 0. The van der Waals surface area contributed by atoms with Crippen LogP contribution < -0.4 is 9.64 Å². The highest BCUT2D eigenvalue weighted by Gasteiger charge is 2.06. The number of nitrogens with zero attached hydrogens (tertiary/aromatic N) is 1. The molecule has 1 aromatic carbocycles. The van der Waals surface area contributed by atoms with Gasteiger partial charge < -0.3 is 9.64 Å². The van der Waals surface area contributed by atoms with Gasteiger partial charge in [0.15, 0.2) is 0 Å². The molecule has 0 aromatic heterocycles. The van der Waals surface area contributed by atoms with Crippen LogP contribution in [0.25, 0.3) is 0 Å². The molecule has 0 heterocycles.